The first kappa shape index (κ1) is 62.7. The molecule has 22 nitrogen and oxygen atoms in total. The number of amides is 1. The summed E-state index contributed by atoms with van der Waals surface area (Å²) in [6.07, 6.45) is -5.29. The highest BCUT2D eigenvalue weighted by atomic mass is 32.2. The Morgan fingerprint density at radius 3 is 2.30 bits per heavy atom. The molecule has 0 spiro atoms. The van der Waals surface area contributed by atoms with E-state index < -0.39 is 120 Å². The van der Waals surface area contributed by atoms with Crippen molar-refractivity contribution in [1.82, 2.24) is 15.0 Å². The number of Topliss-reactive ketones (excluding diaryl/α,β-unsaturated/α-hetero) is 1. The van der Waals surface area contributed by atoms with Gasteiger partial charge in [-0.25, -0.2) is 9.59 Å². The van der Waals surface area contributed by atoms with Crippen molar-refractivity contribution in [2.45, 2.75) is 196 Å². The van der Waals surface area contributed by atoms with Crippen LogP contribution in [0.15, 0.2) is 71.8 Å². The summed E-state index contributed by atoms with van der Waals surface area (Å²) in [6.45, 7) is 4.32. The van der Waals surface area contributed by atoms with Gasteiger partial charge in [-0.3, -0.25) is 18.8 Å². The molecule has 4 fully saturated rings. The second-order valence-electron chi connectivity index (χ2n) is 22.9. The largest absolute Gasteiger partial charge is 0.479 e. The third kappa shape index (κ3) is 15.5. The van der Waals surface area contributed by atoms with E-state index in [-0.39, 0.29) is 83.7 Å². The van der Waals surface area contributed by atoms with Crippen molar-refractivity contribution >= 4 is 50.2 Å². The number of aromatic nitrogens is 3. The standard InChI is InChI=1S/C59H80N4O18S/c1-4-36-28-39(43(66)21-12-11-19-40-30-63(62-61-40)23-22-49(67)60-42-20-13-18-38-24-33(2)25-48(50(38)42)82(74,75)76)29-45(54(36)77-44-26-34(3)51(68)41(31-64)52(44)69)79-59-56(81-58(73)37-16-9-6-10-17-37)55(53(70)47(32-65)80-59)78-46(57(71)72)27-35-14-7-5-8-15-35/h6,9-10,13,16-18,20,24-25,30,34-36,39,41,44-47,51-56,59,64-65,68-70H,4-5,7-8,11-12,14-15,19,21-23,26-29,31-32H2,1-3H3,(H,60,67)(H,71,72)(H,74,75,76)/t34?,36?,39?,41?,44?,45?,46-,47?,51?,52?,53?,54?,55?,56?,59?/m0/s1. The van der Waals surface area contributed by atoms with Gasteiger partial charge in [-0.15, -0.1) is 5.10 Å². The van der Waals surface area contributed by atoms with Crippen molar-refractivity contribution in [1.29, 1.82) is 0 Å². The van der Waals surface area contributed by atoms with Crippen LogP contribution in [-0.4, -0.2) is 163 Å². The molecule has 1 amide bonds. The number of fused-ring (bicyclic) bond motifs is 1. The Morgan fingerprint density at radius 1 is 0.854 bits per heavy atom. The number of aliphatic hydroxyl groups is 5. The van der Waals surface area contributed by atoms with Gasteiger partial charge in [-0.1, -0.05) is 94.0 Å². The molecule has 1 aliphatic heterocycles. The van der Waals surface area contributed by atoms with E-state index in [1.807, 2.05) is 6.92 Å². The number of benzene rings is 3. The van der Waals surface area contributed by atoms with Crippen LogP contribution in [0.4, 0.5) is 5.69 Å². The van der Waals surface area contributed by atoms with Gasteiger partial charge in [0.15, 0.2) is 18.5 Å². The molecule has 0 bridgehead atoms. The Hall–Kier alpha value is -5.31. The van der Waals surface area contributed by atoms with E-state index in [0.29, 0.717) is 48.7 Å². The van der Waals surface area contributed by atoms with Crippen molar-refractivity contribution in [2.24, 2.45) is 29.6 Å². The molecule has 4 aromatic rings. The maximum atomic E-state index is 14.4. The van der Waals surface area contributed by atoms with E-state index in [9.17, 15) is 62.8 Å². The highest BCUT2D eigenvalue weighted by molar-refractivity contribution is 7.86. The number of carbonyl (C=O) groups is 4. The second kappa shape index (κ2) is 28.5. The minimum Gasteiger partial charge on any atom is -0.479 e. The maximum Gasteiger partial charge on any atom is 0.338 e. The number of carboxylic acid groups (broad SMARTS) is 1. The minimum absolute atomic E-state index is 0.0273. The van der Waals surface area contributed by atoms with Crippen LogP contribution in [0.25, 0.3) is 10.8 Å². The lowest BCUT2D eigenvalue weighted by molar-refractivity contribution is -0.333. The van der Waals surface area contributed by atoms with Gasteiger partial charge < -0.3 is 59.6 Å². The number of anilines is 1. The minimum atomic E-state index is -4.60. The fourth-order valence-corrected chi connectivity index (χ4v) is 13.4. The number of carboxylic acids is 1. The van der Waals surface area contributed by atoms with Gasteiger partial charge in [0.25, 0.3) is 10.1 Å². The van der Waals surface area contributed by atoms with Crippen molar-refractivity contribution in [2.75, 3.05) is 18.5 Å². The lowest BCUT2D eigenvalue weighted by Gasteiger charge is -2.49. The summed E-state index contributed by atoms with van der Waals surface area (Å²) >= 11 is 0. The molecule has 1 saturated heterocycles. The molecular formula is C59H80N4O18S. The quantitative estimate of drug-likeness (QED) is 0.0235. The number of hydrogen-bond acceptors (Lipinski definition) is 18. The van der Waals surface area contributed by atoms with E-state index in [0.717, 1.165) is 32.1 Å². The van der Waals surface area contributed by atoms with Crippen LogP contribution in [0, 0.1) is 36.5 Å². The first-order valence-corrected chi connectivity index (χ1v) is 30.3. The smallest absolute Gasteiger partial charge is 0.338 e. The van der Waals surface area contributed by atoms with Crippen LogP contribution in [0.1, 0.15) is 125 Å². The number of nitrogens with one attached hydrogen (secondary N) is 1. The SMILES string of the molecule is CCC1CC(C(=O)CCCCc2cn(CCC(=O)Nc3cccc4cc(C)cc(S(=O)(=O)O)c34)nn2)CC(OC2OC(CO)C(O)C(O[C@@H](CC3CCCCC3)C(=O)O)C2OC(=O)c2ccccc2)C1OC1CC(C)C(O)C(CO)C1O. The summed E-state index contributed by atoms with van der Waals surface area (Å²) < 4.78 is 68.5. The Labute approximate surface area is 477 Å². The summed E-state index contributed by atoms with van der Waals surface area (Å²) in [7, 11) is -4.60. The summed E-state index contributed by atoms with van der Waals surface area (Å²) in [6, 6.07) is 16.0. The van der Waals surface area contributed by atoms with E-state index in [1.54, 1.807) is 62.5 Å². The highest BCUT2D eigenvalue weighted by Crippen LogP contribution is 2.43. The number of aliphatic carboxylic acids is 1. The predicted octanol–water partition coefficient (Wildman–Crippen LogP) is 5.35. The molecular weight excluding hydrogens is 1080 g/mol. The third-order valence-electron chi connectivity index (χ3n) is 17.0. The second-order valence-corrected chi connectivity index (χ2v) is 24.3. The van der Waals surface area contributed by atoms with Crippen LogP contribution in [0.2, 0.25) is 0 Å². The van der Waals surface area contributed by atoms with Gasteiger partial charge in [0.05, 0.1) is 61.5 Å². The van der Waals surface area contributed by atoms with Crippen molar-refractivity contribution in [3.05, 3.63) is 83.7 Å². The van der Waals surface area contributed by atoms with Crippen LogP contribution in [0.5, 0.6) is 0 Å². The number of hydrogen-bond donors (Lipinski definition) is 8. The molecule has 1 aromatic heterocycles. The topological polar surface area (TPSA) is 333 Å². The van der Waals surface area contributed by atoms with Gasteiger partial charge >= 0.3 is 11.9 Å². The van der Waals surface area contributed by atoms with Gasteiger partial charge in [-0.2, -0.15) is 8.42 Å². The van der Waals surface area contributed by atoms with Crippen LogP contribution in [-0.2, 0) is 61.2 Å². The van der Waals surface area contributed by atoms with E-state index >= 15 is 0 Å². The zero-order chi connectivity index (χ0) is 58.8. The molecule has 4 aliphatic rings. The first-order valence-electron chi connectivity index (χ1n) is 28.9. The lowest BCUT2D eigenvalue weighted by atomic mass is 9.73. The molecule has 8 rings (SSSR count). The van der Waals surface area contributed by atoms with E-state index in [1.165, 1.54) is 22.9 Å². The molecule has 450 valence electrons. The van der Waals surface area contributed by atoms with Gasteiger partial charge in [0, 0.05) is 41.9 Å². The zero-order valence-electron chi connectivity index (χ0n) is 46.7. The number of aliphatic hydroxyl groups excluding tert-OH is 5. The normalized spacial score (nSPS) is 29.5. The maximum absolute atomic E-state index is 14.4. The van der Waals surface area contributed by atoms with E-state index in [4.69, 9.17) is 23.7 Å². The first-order chi connectivity index (χ1) is 39.3. The molecule has 23 heteroatoms. The molecule has 15 atom stereocenters. The van der Waals surface area contributed by atoms with Crippen molar-refractivity contribution < 1.29 is 86.5 Å². The van der Waals surface area contributed by atoms with Gasteiger partial charge in [0.2, 0.25) is 5.91 Å². The Kier molecular flexibility index (Phi) is 21.8. The van der Waals surface area contributed by atoms with Crippen molar-refractivity contribution in [3.63, 3.8) is 0 Å². The average Bonchev–Trinajstić information content (AvgIpc) is 3.07. The Balaban J connectivity index is 0.971. The zero-order valence-corrected chi connectivity index (χ0v) is 47.5. The number of ketones is 1. The molecule has 14 unspecified atom stereocenters. The Morgan fingerprint density at radius 2 is 1.61 bits per heavy atom. The van der Waals surface area contributed by atoms with Crippen molar-refractivity contribution in [3.8, 4) is 0 Å². The van der Waals surface area contributed by atoms with Crippen LogP contribution >= 0.6 is 0 Å². The number of carbonyl (C=O) groups excluding carboxylic acids is 3. The lowest BCUT2D eigenvalue weighted by Crippen LogP contribution is -2.64. The number of ether oxygens (including phenoxy) is 5. The highest BCUT2D eigenvalue weighted by Gasteiger charge is 2.54. The molecule has 3 saturated carbocycles. The molecule has 2 heterocycles. The van der Waals surface area contributed by atoms with E-state index in [2.05, 4.69) is 15.6 Å². The molecule has 82 heavy (non-hydrogen) atoms. The monoisotopic (exact) mass is 1160 g/mol. The number of unbranched alkanes of at least 4 members (excludes halogenated alkanes) is 1. The molecule has 3 aromatic carbocycles. The molecule has 8 N–H and O–H groups in total. The number of rotatable bonds is 25. The fourth-order valence-electron chi connectivity index (χ4n) is 12.5. The number of nitrogens with zero attached hydrogens (tertiary/aromatic N) is 3. The summed E-state index contributed by atoms with van der Waals surface area (Å²) in [4.78, 5) is 54.2. The molecule has 3 aliphatic carbocycles. The summed E-state index contributed by atoms with van der Waals surface area (Å²) in [5.41, 5.74) is 1.61. The molecule has 0 radical (unpaired) electrons. The van der Waals surface area contributed by atoms with Gasteiger partial charge in [-0.05, 0) is 105 Å². The third-order valence-corrected chi connectivity index (χ3v) is 17.9. The number of esters is 1. The average molecular weight is 1170 g/mol. The number of aryl methyl sites for hydroxylation is 3. The van der Waals surface area contributed by atoms with Crippen LogP contribution < -0.4 is 5.32 Å². The van der Waals surface area contributed by atoms with Gasteiger partial charge in [0.1, 0.15) is 29.0 Å². The summed E-state index contributed by atoms with van der Waals surface area (Å²) in [5.74, 6) is -4.83. The fraction of sp³-hybridized carbons (Fsp3) is 0.627. The Bertz CT molecular complexity index is 2900. The van der Waals surface area contributed by atoms with Crippen LogP contribution in [0.3, 0.4) is 0 Å². The summed E-state index contributed by atoms with van der Waals surface area (Å²) in [5, 5.41) is 77.7. The predicted molar refractivity (Wildman–Crippen MR) is 296 cm³/mol.